The first-order chi connectivity index (χ1) is 17.6. The fourth-order valence-electron chi connectivity index (χ4n) is 4.92. The number of rotatable bonds is 6. The molecular weight excluding hydrogens is 458 g/mol. The van der Waals surface area contributed by atoms with Gasteiger partial charge in [0.15, 0.2) is 0 Å². The Bertz CT molecular complexity index is 1210. The number of methoxy groups -OCH3 is 2. The van der Waals surface area contributed by atoms with Crippen LogP contribution in [0.5, 0.6) is 11.5 Å². The van der Waals surface area contributed by atoms with E-state index in [1.807, 2.05) is 29.2 Å². The van der Waals surface area contributed by atoms with E-state index < -0.39 is 0 Å². The Morgan fingerprint density at radius 1 is 0.833 bits per heavy atom. The van der Waals surface area contributed by atoms with Gasteiger partial charge in [0.25, 0.3) is 5.91 Å². The number of amides is 1. The van der Waals surface area contributed by atoms with Crippen molar-refractivity contribution in [1.82, 2.24) is 24.6 Å². The lowest BCUT2D eigenvalue weighted by atomic mass is 10.1. The summed E-state index contributed by atoms with van der Waals surface area (Å²) in [7, 11) is 5.03. The summed E-state index contributed by atoms with van der Waals surface area (Å²) >= 11 is 0. The molecule has 10 nitrogen and oxygen atoms in total. The maximum absolute atomic E-state index is 13.4. The van der Waals surface area contributed by atoms with Crippen LogP contribution < -0.4 is 19.3 Å². The topological polar surface area (TPSA) is 88.9 Å². The van der Waals surface area contributed by atoms with Crippen molar-refractivity contribution in [3.05, 3.63) is 42.4 Å². The number of carbonyl (C=O) groups excluding carboxylic acids is 1. The number of piperazine rings is 1. The Morgan fingerprint density at radius 3 is 2.19 bits per heavy atom. The third-order valence-electron chi connectivity index (χ3n) is 6.99. The highest BCUT2D eigenvalue weighted by molar-refractivity contribution is 5.94. The van der Waals surface area contributed by atoms with Crippen molar-refractivity contribution < 1.29 is 14.3 Å². The summed E-state index contributed by atoms with van der Waals surface area (Å²) in [6, 6.07) is 9.45. The number of nitrogens with zero attached hydrogens (tertiary/aromatic N) is 7. The first-order valence-electron chi connectivity index (χ1n) is 12.4. The molecule has 1 aromatic carbocycles. The zero-order valence-electron chi connectivity index (χ0n) is 21.2. The van der Waals surface area contributed by atoms with E-state index in [9.17, 15) is 4.79 Å². The Balaban J connectivity index is 1.27. The van der Waals surface area contributed by atoms with Crippen LogP contribution in [-0.4, -0.2) is 84.0 Å². The van der Waals surface area contributed by atoms with Crippen LogP contribution in [0.25, 0.3) is 11.3 Å². The molecule has 10 heteroatoms. The third-order valence-corrected chi connectivity index (χ3v) is 6.99. The summed E-state index contributed by atoms with van der Waals surface area (Å²) in [5, 5.41) is 4.60. The molecule has 4 heterocycles. The summed E-state index contributed by atoms with van der Waals surface area (Å²) in [6.07, 6.45) is 5.36. The minimum atomic E-state index is -0.0329. The van der Waals surface area contributed by atoms with Gasteiger partial charge >= 0.3 is 0 Å². The highest BCUT2D eigenvalue weighted by atomic mass is 16.5. The Kier molecular flexibility index (Phi) is 6.92. The normalized spacial score (nSPS) is 16.2. The average Bonchev–Trinajstić information content (AvgIpc) is 3.34. The summed E-state index contributed by atoms with van der Waals surface area (Å²) < 4.78 is 12.5. The monoisotopic (exact) mass is 491 g/mol. The maximum atomic E-state index is 13.4. The van der Waals surface area contributed by atoms with Crippen LogP contribution in [0.15, 0.2) is 36.7 Å². The zero-order valence-corrected chi connectivity index (χ0v) is 21.2. The Labute approximate surface area is 211 Å². The molecule has 0 bridgehead atoms. The van der Waals surface area contributed by atoms with E-state index in [2.05, 4.69) is 30.9 Å². The molecule has 2 aromatic heterocycles. The molecule has 1 amide bonds. The van der Waals surface area contributed by atoms with Crippen molar-refractivity contribution in [2.75, 3.05) is 63.3 Å². The van der Waals surface area contributed by atoms with Gasteiger partial charge in [-0.15, -0.1) is 0 Å². The van der Waals surface area contributed by atoms with E-state index in [4.69, 9.17) is 9.47 Å². The number of benzene rings is 1. The number of hydrogen-bond donors (Lipinski definition) is 0. The summed E-state index contributed by atoms with van der Waals surface area (Å²) in [4.78, 5) is 28.9. The first-order valence-corrected chi connectivity index (χ1v) is 12.4. The van der Waals surface area contributed by atoms with Gasteiger partial charge in [0, 0.05) is 57.9 Å². The molecule has 5 rings (SSSR count). The Hall–Kier alpha value is -3.82. The van der Waals surface area contributed by atoms with E-state index >= 15 is 0 Å². The predicted octanol–water partition coefficient (Wildman–Crippen LogP) is 2.85. The average molecular weight is 492 g/mol. The predicted molar refractivity (Wildman–Crippen MR) is 138 cm³/mol. The summed E-state index contributed by atoms with van der Waals surface area (Å²) in [6.45, 7) is 4.77. The van der Waals surface area contributed by atoms with Crippen molar-refractivity contribution >= 4 is 17.5 Å². The molecule has 0 radical (unpaired) electrons. The second-order valence-corrected chi connectivity index (χ2v) is 9.17. The molecular formula is C26H33N7O3. The minimum absolute atomic E-state index is 0.0329. The van der Waals surface area contributed by atoms with Gasteiger partial charge in [0.05, 0.1) is 19.9 Å². The molecule has 2 aliphatic heterocycles. The smallest absolute Gasteiger partial charge is 0.272 e. The minimum Gasteiger partial charge on any atom is -0.497 e. The second kappa shape index (κ2) is 10.4. The van der Waals surface area contributed by atoms with Gasteiger partial charge in [-0.3, -0.25) is 9.48 Å². The van der Waals surface area contributed by atoms with E-state index in [1.165, 1.54) is 19.3 Å². The summed E-state index contributed by atoms with van der Waals surface area (Å²) in [5.74, 6) is 3.26. The van der Waals surface area contributed by atoms with Gasteiger partial charge in [0.1, 0.15) is 35.2 Å². The van der Waals surface area contributed by atoms with E-state index in [0.29, 0.717) is 36.0 Å². The number of aromatic nitrogens is 4. The molecule has 0 atom stereocenters. The molecule has 0 unspecified atom stereocenters. The Morgan fingerprint density at radius 2 is 1.53 bits per heavy atom. The van der Waals surface area contributed by atoms with Crippen LogP contribution in [0.2, 0.25) is 0 Å². The van der Waals surface area contributed by atoms with Crippen LogP contribution in [0.4, 0.5) is 11.6 Å². The van der Waals surface area contributed by atoms with Crippen molar-refractivity contribution in [3.8, 4) is 22.8 Å². The van der Waals surface area contributed by atoms with Crippen LogP contribution >= 0.6 is 0 Å². The third kappa shape index (κ3) is 4.80. The molecule has 2 fully saturated rings. The number of aryl methyl sites for hydroxylation is 1. The van der Waals surface area contributed by atoms with Gasteiger partial charge in [-0.25, -0.2) is 9.97 Å². The fraction of sp³-hybridized carbons (Fsp3) is 0.462. The van der Waals surface area contributed by atoms with Crippen molar-refractivity contribution in [3.63, 3.8) is 0 Å². The largest absolute Gasteiger partial charge is 0.497 e. The highest BCUT2D eigenvalue weighted by Gasteiger charge is 2.26. The lowest BCUT2D eigenvalue weighted by Crippen LogP contribution is -2.49. The molecule has 3 aromatic rings. The number of piperidine rings is 1. The van der Waals surface area contributed by atoms with Gasteiger partial charge in [-0.1, -0.05) is 0 Å². The second-order valence-electron chi connectivity index (χ2n) is 9.17. The molecule has 0 aliphatic carbocycles. The van der Waals surface area contributed by atoms with Gasteiger partial charge in [0.2, 0.25) is 0 Å². The van der Waals surface area contributed by atoms with Gasteiger partial charge in [-0.2, -0.15) is 5.10 Å². The highest BCUT2D eigenvalue weighted by Crippen LogP contribution is 2.33. The van der Waals surface area contributed by atoms with Gasteiger partial charge < -0.3 is 24.2 Å². The van der Waals surface area contributed by atoms with Crippen molar-refractivity contribution in [1.29, 1.82) is 0 Å². The SMILES string of the molecule is COc1ccc(OC)c(-c2cc(C(=O)N3CCN(c4cc(N5CCCCC5)ncn4)CC3)n(C)n2)c1. The lowest BCUT2D eigenvalue weighted by Gasteiger charge is -2.36. The van der Waals surface area contributed by atoms with Gasteiger partial charge in [-0.05, 0) is 43.5 Å². The molecule has 0 spiro atoms. The first kappa shape index (κ1) is 23.9. The molecule has 36 heavy (non-hydrogen) atoms. The summed E-state index contributed by atoms with van der Waals surface area (Å²) in [5.41, 5.74) is 1.99. The van der Waals surface area contributed by atoms with Crippen LogP contribution in [0.3, 0.4) is 0 Å². The number of hydrogen-bond acceptors (Lipinski definition) is 8. The zero-order chi connectivity index (χ0) is 25.1. The van der Waals surface area contributed by atoms with Crippen LogP contribution in [0, 0.1) is 0 Å². The quantitative estimate of drug-likeness (QED) is 0.520. The number of carbonyl (C=O) groups is 1. The van der Waals surface area contributed by atoms with Crippen LogP contribution in [0.1, 0.15) is 29.8 Å². The van der Waals surface area contributed by atoms with E-state index in [1.54, 1.807) is 32.3 Å². The molecule has 2 saturated heterocycles. The van der Waals surface area contributed by atoms with Crippen molar-refractivity contribution in [2.45, 2.75) is 19.3 Å². The lowest BCUT2D eigenvalue weighted by molar-refractivity contribution is 0.0735. The van der Waals surface area contributed by atoms with Crippen LogP contribution in [-0.2, 0) is 7.05 Å². The molecule has 0 N–H and O–H groups in total. The molecule has 190 valence electrons. The molecule has 2 aliphatic rings. The fourth-order valence-corrected chi connectivity index (χ4v) is 4.92. The van der Waals surface area contributed by atoms with E-state index in [-0.39, 0.29) is 5.91 Å². The maximum Gasteiger partial charge on any atom is 0.272 e. The van der Waals surface area contributed by atoms with E-state index in [0.717, 1.165) is 43.4 Å². The molecule has 0 saturated carbocycles. The standard InChI is InChI=1S/C26H33N7O3/c1-30-22(16-21(29-30)20-15-19(35-2)7-8-23(20)36-3)26(34)33-13-11-32(12-14-33)25-17-24(27-18-28-25)31-9-5-4-6-10-31/h7-8,15-18H,4-6,9-14H2,1-3H3. The van der Waals surface area contributed by atoms with Crippen molar-refractivity contribution in [2.24, 2.45) is 7.05 Å². The number of ether oxygens (including phenoxy) is 2. The number of anilines is 2.